The molecule has 1 aliphatic heterocycles. The fourth-order valence-corrected chi connectivity index (χ4v) is 4.02. The van der Waals surface area contributed by atoms with Crippen molar-refractivity contribution in [2.45, 2.75) is 37.6 Å². The molecule has 32 heavy (non-hydrogen) atoms. The van der Waals surface area contributed by atoms with Crippen LogP contribution >= 0.6 is 12.6 Å². The lowest BCUT2D eigenvalue weighted by atomic mass is 9.97. The highest BCUT2D eigenvalue weighted by Crippen LogP contribution is 2.31. The highest BCUT2D eigenvalue weighted by molar-refractivity contribution is 7.81. The number of benzene rings is 1. The number of esters is 2. The van der Waals surface area contributed by atoms with E-state index in [1.54, 1.807) is 36.0 Å². The molecule has 0 unspecified atom stereocenters. The van der Waals surface area contributed by atoms with E-state index >= 15 is 0 Å². The molecule has 0 amide bonds. The molecule has 1 saturated heterocycles. The van der Waals surface area contributed by atoms with E-state index in [1.807, 2.05) is 17.0 Å². The zero-order chi connectivity index (χ0) is 23.1. The van der Waals surface area contributed by atoms with Gasteiger partial charge >= 0.3 is 11.9 Å². The third-order valence-electron chi connectivity index (χ3n) is 5.34. The Bertz CT molecular complexity index is 978. The number of methoxy groups -OCH3 is 1. The Hall–Kier alpha value is -2.65. The Balaban J connectivity index is 1.77. The van der Waals surface area contributed by atoms with Crippen LogP contribution in [0.1, 0.15) is 37.1 Å². The maximum atomic E-state index is 14.5. The quantitative estimate of drug-likeness (QED) is 0.481. The van der Waals surface area contributed by atoms with Gasteiger partial charge in [0.25, 0.3) is 0 Å². The van der Waals surface area contributed by atoms with Crippen LogP contribution in [0.5, 0.6) is 0 Å². The largest absolute Gasteiger partial charge is 0.468 e. The van der Waals surface area contributed by atoms with Gasteiger partial charge in [-0.2, -0.15) is 17.7 Å². The number of ether oxygens (including phenoxy) is 2. The lowest BCUT2D eigenvalue weighted by Gasteiger charge is -2.36. The van der Waals surface area contributed by atoms with Crippen LogP contribution in [-0.2, 0) is 25.6 Å². The topological polar surface area (TPSA) is 73.7 Å². The summed E-state index contributed by atoms with van der Waals surface area (Å²) in [5.41, 5.74) is 1.99. The van der Waals surface area contributed by atoms with Crippen molar-refractivity contribution in [2.75, 3.05) is 26.8 Å². The van der Waals surface area contributed by atoms with Crippen molar-refractivity contribution in [1.82, 2.24) is 14.7 Å². The average molecular weight is 462 g/mol. The molecular formula is C23H28FN3O4S. The van der Waals surface area contributed by atoms with Crippen LogP contribution in [0.2, 0.25) is 0 Å². The summed E-state index contributed by atoms with van der Waals surface area (Å²) in [4.78, 5) is 26.0. The van der Waals surface area contributed by atoms with Gasteiger partial charge in [0, 0.05) is 30.1 Å². The number of carbonyl (C=O) groups is 2. The number of hydrogen-bond donors (Lipinski definition) is 1. The van der Waals surface area contributed by atoms with Gasteiger partial charge in [0.05, 0.1) is 32.4 Å². The molecule has 1 aromatic heterocycles. The highest BCUT2D eigenvalue weighted by atomic mass is 32.1. The predicted molar refractivity (Wildman–Crippen MR) is 122 cm³/mol. The third kappa shape index (κ3) is 5.98. The highest BCUT2D eigenvalue weighted by Gasteiger charge is 2.34. The van der Waals surface area contributed by atoms with Crippen LogP contribution in [0.15, 0.2) is 42.1 Å². The summed E-state index contributed by atoms with van der Waals surface area (Å²) >= 11 is 4.70. The van der Waals surface area contributed by atoms with Crippen LogP contribution < -0.4 is 0 Å². The Kier molecular flexibility index (Phi) is 8.46. The minimum Gasteiger partial charge on any atom is -0.468 e. The fraction of sp³-hybridized carbons (Fsp3) is 0.435. The number of hydrogen-bond acceptors (Lipinski definition) is 7. The van der Waals surface area contributed by atoms with E-state index < -0.39 is 17.8 Å². The van der Waals surface area contributed by atoms with Gasteiger partial charge in [-0.3, -0.25) is 14.4 Å². The molecule has 3 rings (SSSR count). The Labute approximate surface area is 192 Å². The number of aryl methyl sites for hydroxylation is 1. The molecule has 0 bridgehead atoms. The van der Waals surface area contributed by atoms with E-state index in [4.69, 9.17) is 22.1 Å². The lowest BCUT2D eigenvalue weighted by Crippen LogP contribution is -2.42. The minimum absolute atomic E-state index is 0.00477. The Morgan fingerprint density at radius 2 is 2.12 bits per heavy atom. The second kappa shape index (κ2) is 11.3. The summed E-state index contributed by atoms with van der Waals surface area (Å²) in [7, 11) is 1.31. The van der Waals surface area contributed by atoms with Gasteiger partial charge < -0.3 is 9.47 Å². The van der Waals surface area contributed by atoms with Gasteiger partial charge in [0.15, 0.2) is 0 Å². The molecule has 1 aliphatic rings. The molecule has 2 atom stereocenters. The second-order valence-corrected chi connectivity index (χ2v) is 8.12. The number of rotatable bonds is 8. The minimum atomic E-state index is -0.840. The SMILES string of the molecule is CCOC(=O)CCn1ccc(C=C2CN([C@H](C(=O)OC)c3ccccc3F)CC[C@H]2S)n1. The standard InChI is InChI=1S/C23H28FN3O4S/c1-3-31-21(28)10-13-27-12-8-17(25-27)14-16-15-26(11-9-20(16)32)22(23(29)30-2)18-6-4-5-7-19(18)24/h4-8,12,14,20,22,32H,3,9-11,13,15H2,1-2H3/t20-,22+/m1/s1. The summed E-state index contributed by atoms with van der Waals surface area (Å²) in [6.45, 7) is 3.56. The van der Waals surface area contributed by atoms with Gasteiger partial charge in [-0.05, 0) is 37.1 Å². The first-order valence-corrected chi connectivity index (χ1v) is 11.1. The molecule has 172 valence electrons. The van der Waals surface area contributed by atoms with E-state index in [2.05, 4.69) is 5.10 Å². The van der Waals surface area contributed by atoms with Crippen LogP contribution in [0, 0.1) is 5.82 Å². The third-order valence-corrected chi connectivity index (χ3v) is 5.93. The normalized spacial score (nSPS) is 19.0. The number of likely N-dealkylation sites (tertiary alicyclic amines) is 1. The van der Waals surface area contributed by atoms with E-state index in [0.29, 0.717) is 38.2 Å². The van der Waals surface area contributed by atoms with Crippen molar-refractivity contribution >= 4 is 30.6 Å². The van der Waals surface area contributed by atoms with Crippen molar-refractivity contribution in [3.63, 3.8) is 0 Å². The van der Waals surface area contributed by atoms with Gasteiger partial charge in [0.2, 0.25) is 0 Å². The summed E-state index contributed by atoms with van der Waals surface area (Å²) < 4.78 is 26.1. The van der Waals surface area contributed by atoms with Gasteiger partial charge in [-0.15, -0.1) is 0 Å². The molecule has 7 nitrogen and oxygen atoms in total. The second-order valence-electron chi connectivity index (χ2n) is 7.50. The molecule has 0 saturated carbocycles. The molecule has 2 aromatic rings. The number of carbonyl (C=O) groups excluding carboxylic acids is 2. The molecule has 0 N–H and O–H groups in total. The molecule has 0 aliphatic carbocycles. The average Bonchev–Trinajstić information content (AvgIpc) is 3.23. The van der Waals surface area contributed by atoms with E-state index in [1.165, 1.54) is 13.2 Å². The Morgan fingerprint density at radius 3 is 2.84 bits per heavy atom. The van der Waals surface area contributed by atoms with Crippen molar-refractivity contribution < 1.29 is 23.5 Å². The molecule has 0 radical (unpaired) electrons. The zero-order valence-electron chi connectivity index (χ0n) is 18.2. The van der Waals surface area contributed by atoms with Crippen LogP contribution in [0.3, 0.4) is 0 Å². The summed E-state index contributed by atoms with van der Waals surface area (Å²) in [5.74, 6) is -1.21. The van der Waals surface area contributed by atoms with Crippen molar-refractivity contribution in [3.05, 3.63) is 59.2 Å². The van der Waals surface area contributed by atoms with Gasteiger partial charge in [-0.25, -0.2) is 9.18 Å². The molecule has 1 fully saturated rings. The number of thiol groups is 1. The molecule has 1 aromatic carbocycles. The van der Waals surface area contributed by atoms with Gasteiger partial charge in [-0.1, -0.05) is 18.2 Å². The van der Waals surface area contributed by atoms with Crippen molar-refractivity contribution in [3.8, 4) is 0 Å². The lowest BCUT2D eigenvalue weighted by molar-refractivity contribution is -0.147. The number of piperidine rings is 1. The monoisotopic (exact) mass is 461 g/mol. The van der Waals surface area contributed by atoms with Gasteiger partial charge in [0.1, 0.15) is 11.9 Å². The van der Waals surface area contributed by atoms with Crippen molar-refractivity contribution in [2.24, 2.45) is 0 Å². The number of aromatic nitrogens is 2. The first-order valence-electron chi connectivity index (χ1n) is 10.6. The molecule has 9 heteroatoms. The Morgan fingerprint density at radius 1 is 1.34 bits per heavy atom. The zero-order valence-corrected chi connectivity index (χ0v) is 19.1. The predicted octanol–water partition coefficient (Wildman–Crippen LogP) is 3.28. The molecular weight excluding hydrogens is 433 g/mol. The van der Waals surface area contributed by atoms with Crippen LogP contribution in [-0.4, -0.2) is 58.7 Å². The van der Waals surface area contributed by atoms with E-state index in [-0.39, 0.29) is 17.6 Å². The molecule has 2 heterocycles. The smallest absolute Gasteiger partial charge is 0.327 e. The summed E-state index contributed by atoms with van der Waals surface area (Å²) in [5, 5.41) is 4.49. The number of halogens is 1. The maximum absolute atomic E-state index is 14.5. The first-order chi connectivity index (χ1) is 15.4. The number of nitrogens with zero attached hydrogens (tertiary/aromatic N) is 3. The maximum Gasteiger partial charge on any atom is 0.327 e. The fourth-order valence-electron chi connectivity index (χ4n) is 3.74. The summed E-state index contributed by atoms with van der Waals surface area (Å²) in [6, 6.07) is 7.27. The van der Waals surface area contributed by atoms with E-state index in [9.17, 15) is 14.0 Å². The van der Waals surface area contributed by atoms with E-state index in [0.717, 1.165) is 11.3 Å². The van der Waals surface area contributed by atoms with Crippen molar-refractivity contribution in [1.29, 1.82) is 0 Å². The summed E-state index contributed by atoms with van der Waals surface area (Å²) in [6.07, 6.45) is 4.68. The van der Waals surface area contributed by atoms with Crippen LogP contribution in [0.25, 0.3) is 6.08 Å². The molecule has 0 spiro atoms. The first kappa shape index (κ1) is 24.0. The van der Waals surface area contributed by atoms with Crippen LogP contribution in [0.4, 0.5) is 4.39 Å².